The molecule has 0 heterocycles. The molecule has 2 rings (SSSR count). The molecule has 0 aromatic rings. The molecular weight excluding hydrogens is 294 g/mol. The number of alkyl carbamates (subject to hydrolysis) is 1. The van der Waals surface area contributed by atoms with Crippen molar-refractivity contribution < 1.29 is 14.3 Å². The summed E-state index contributed by atoms with van der Waals surface area (Å²) in [6.07, 6.45) is 4.17. The van der Waals surface area contributed by atoms with Gasteiger partial charge < -0.3 is 25.8 Å². The van der Waals surface area contributed by atoms with Crippen LogP contribution in [-0.4, -0.2) is 49.1 Å². The largest absolute Gasteiger partial charge is 0.444 e. The molecule has 2 saturated carbocycles. The van der Waals surface area contributed by atoms with Gasteiger partial charge in [-0.25, -0.2) is 4.79 Å². The smallest absolute Gasteiger partial charge is 0.407 e. The number of nitrogens with one attached hydrogen (secondary N) is 2. The van der Waals surface area contributed by atoms with Crippen molar-refractivity contribution in [1.29, 1.82) is 0 Å². The Morgan fingerprint density at radius 1 is 1.26 bits per heavy atom. The van der Waals surface area contributed by atoms with Gasteiger partial charge in [0.2, 0.25) is 0 Å². The molecule has 0 saturated heterocycles. The SMILES string of the molecule is CCOC1CC(NC(=O)OC(C)(C)C)C1NC1CCCC1CN. The fourth-order valence-corrected chi connectivity index (χ4v) is 3.61. The van der Waals surface area contributed by atoms with E-state index in [1.807, 2.05) is 27.7 Å². The van der Waals surface area contributed by atoms with E-state index in [0.717, 1.165) is 12.8 Å². The lowest BCUT2D eigenvalue weighted by Crippen LogP contribution is -2.68. The van der Waals surface area contributed by atoms with Gasteiger partial charge >= 0.3 is 6.09 Å². The number of carbonyl (C=O) groups is 1. The summed E-state index contributed by atoms with van der Waals surface area (Å²) in [4.78, 5) is 12.0. The highest BCUT2D eigenvalue weighted by atomic mass is 16.6. The van der Waals surface area contributed by atoms with Crippen LogP contribution in [0.1, 0.15) is 53.4 Å². The van der Waals surface area contributed by atoms with Crippen LogP contribution < -0.4 is 16.4 Å². The van der Waals surface area contributed by atoms with Crippen molar-refractivity contribution in [2.45, 2.75) is 83.2 Å². The van der Waals surface area contributed by atoms with Gasteiger partial charge in [0.25, 0.3) is 0 Å². The van der Waals surface area contributed by atoms with E-state index in [2.05, 4.69) is 10.6 Å². The average molecular weight is 327 g/mol. The van der Waals surface area contributed by atoms with Crippen molar-refractivity contribution in [3.63, 3.8) is 0 Å². The molecule has 4 N–H and O–H groups in total. The van der Waals surface area contributed by atoms with Crippen LogP contribution in [0.2, 0.25) is 0 Å². The van der Waals surface area contributed by atoms with E-state index in [4.69, 9.17) is 15.2 Å². The third kappa shape index (κ3) is 5.06. The van der Waals surface area contributed by atoms with Crippen LogP contribution >= 0.6 is 0 Å². The second kappa shape index (κ2) is 7.81. The van der Waals surface area contributed by atoms with Crippen LogP contribution in [0.4, 0.5) is 4.79 Å². The molecule has 0 radical (unpaired) electrons. The Balaban J connectivity index is 1.90. The minimum atomic E-state index is -0.480. The first-order valence-corrected chi connectivity index (χ1v) is 8.91. The van der Waals surface area contributed by atoms with E-state index in [9.17, 15) is 4.79 Å². The van der Waals surface area contributed by atoms with Crippen molar-refractivity contribution in [2.24, 2.45) is 11.7 Å². The Labute approximate surface area is 139 Å². The molecule has 0 aromatic heterocycles. The van der Waals surface area contributed by atoms with E-state index in [1.165, 1.54) is 12.8 Å². The van der Waals surface area contributed by atoms with E-state index in [-0.39, 0.29) is 24.3 Å². The zero-order valence-electron chi connectivity index (χ0n) is 14.9. The molecule has 2 aliphatic rings. The van der Waals surface area contributed by atoms with Crippen LogP contribution in [0.5, 0.6) is 0 Å². The minimum Gasteiger partial charge on any atom is -0.444 e. The Kier molecular flexibility index (Phi) is 6.28. The first-order chi connectivity index (χ1) is 10.8. The van der Waals surface area contributed by atoms with Gasteiger partial charge in [-0.2, -0.15) is 0 Å². The Hall–Kier alpha value is -0.850. The first-order valence-electron chi connectivity index (χ1n) is 8.91. The van der Waals surface area contributed by atoms with E-state index < -0.39 is 5.60 Å². The summed E-state index contributed by atoms with van der Waals surface area (Å²) in [5.41, 5.74) is 5.40. The summed E-state index contributed by atoms with van der Waals surface area (Å²) in [7, 11) is 0. The van der Waals surface area contributed by atoms with Gasteiger partial charge in [0.05, 0.1) is 18.2 Å². The molecule has 0 aromatic carbocycles. The number of hydrogen-bond donors (Lipinski definition) is 3. The number of ether oxygens (including phenoxy) is 2. The summed E-state index contributed by atoms with van der Waals surface area (Å²) < 4.78 is 11.2. The maximum Gasteiger partial charge on any atom is 0.407 e. The minimum absolute atomic E-state index is 0.0559. The highest BCUT2D eigenvalue weighted by Gasteiger charge is 2.45. The fourth-order valence-electron chi connectivity index (χ4n) is 3.61. The molecule has 23 heavy (non-hydrogen) atoms. The van der Waals surface area contributed by atoms with E-state index in [1.54, 1.807) is 0 Å². The van der Waals surface area contributed by atoms with E-state index >= 15 is 0 Å². The van der Waals surface area contributed by atoms with E-state index in [0.29, 0.717) is 25.1 Å². The van der Waals surface area contributed by atoms with Crippen LogP contribution in [0.25, 0.3) is 0 Å². The molecule has 6 heteroatoms. The number of amides is 1. The lowest BCUT2D eigenvalue weighted by Gasteiger charge is -2.46. The molecule has 2 fully saturated rings. The number of carbonyl (C=O) groups excluding carboxylic acids is 1. The predicted molar refractivity (Wildman–Crippen MR) is 90.3 cm³/mol. The molecule has 0 aliphatic heterocycles. The summed E-state index contributed by atoms with van der Waals surface area (Å²) in [6, 6.07) is 0.622. The van der Waals surface area contributed by atoms with Crippen molar-refractivity contribution in [3.05, 3.63) is 0 Å². The third-order valence-electron chi connectivity index (χ3n) is 4.77. The summed E-state index contributed by atoms with van der Waals surface area (Å²) in [6.45, 7) is 9.02. The molecule has 5 atom stereocenters. The van der Waals surface area contributed by atoms with Gasteiger partial charge in [-0.15, -0.1) is 0 Å². The van der Waals surface area contributed by atoms with Crippen molar-refractivity contribution in [1.82, 2.24) is 10.6 Å². The summed E-state index contributed by atoms with van der Waals surface area (Å²) in [5, 5.41) is 6.68. The number of hydrogen-bond acceptors (Lipinski definition) is 5. The second-order valence-corrected chi connectivity index (χ2v) is 7.71. The van der Waals surface area contributed by atoms with Gasteiger partial charge in [-0.3, -0.25) is 0 Å². The third-order valence-corrected chi connectivity index (χ3v) is 4.77. The molecule has 5 unspecified atom stereocenters. The Morgan fingerprint density at radius 3 is 2.61 bits per heavy atom. The first kappa shape index (κ1) is 18.5. The van der Waals surface area contributed by atoms with Gasteiger partial charge in [0.15, 0.2) is 0 Å². The maximum absolute atomic E-state index is 12.0. The molecule has 6 nitrogen and oxygen atoms in total. The zero-order valence-corrected chi connectivity index (χ0v) is 14.9. The quantitative estimate of drug-likeness (QED) is 0.692. The zero-order chi connectivity index (χ0) is 17.0. The molecule has 134 valence electrons. The highest BCUT2D eigenvalue weighted by molar-refractivity contribution is 5.68. The monoisotopic (exact) mass is 327 g/mol. The van der Waals surface area contributed by atoms with Crippen LogP contribution in [-0.2, 0) is 9.47 Å². The second-order valence-electron chi connectivity index (χ2n) is 7.71. The summed E-state index contributed by atoms with van der Waals surface area (Å²) in [5.74, 6) is 0.528. The Bertz CT molecular complexity index is 397. The van der Waals surface area contributed by atoms with Gasteiger partial charge in [0, 0.05) is 12.6 Å². The van der Waals surface area contributed by atoms with Crippen molar-refractivity contribution in [2.75, 3.05) is 13.2 Å². The molecular formula is C17H33N3O3. The highest BCUT2D eigenvalue weighted by Crippen LogP contribution is 2.30. The van der Waals surface area contributed by atoms with Crippen molar-refractivity contribution >= 4 is 6.09 Å². The topological polar surface area (TPSA) is 85.6 Å². The molecule has 0 spiro atoms. The maximum atomic E-state index is 12.0. The Morgan fingerprint density at radius 2 is 2.00 bits per heavy atom. The fraction of sp³-hybridized carbons (Fsp3) is 0.941. The van der Waals surface area contributed by atoms with Gasteiger partial charge in [0.1, 0.15) is 5.60 Å². The van der Waals surface area contributed by atoms with Gasteiger partial charge in [-0.1, -0.05) is 6.42 Å². The number of rotatable bonds is 6. The lowest BCUT2D eigenvalue weighted by atomic mass is 9.81. The standard InChI is InChI=1S/C17H33N3O3/c1-5-22-14-9-13(20-16(21)23-17(2,3)4)15(14)19-12-8-6-7-11(12)10-18/h11-15,19H,5-10,18H2,1-4H3,(H,20,21). The number of nitrogens with two attached hydrogens (primary N) is 1. The molecule has 0 bridgehead atoms. The predicted octanol–water partition coefficient (Wildman–Crippen LogP) is 1.77. The normalized spacial score (nSPS) is 34.0. The average Bonchev–Trinajstić information content (AvgIpc) is 2.89. The lowest BCUT2D eigenvalue weighted by molar-refractivity contribution is -0.0477. The van der Waals surface area contributed by atoms with Crippen LogP contribution in [0.3, 0.4) is 0 Å². The van der Waals surface area contributed by atoms with Crippen LogP contribution in [0, 0.1) is 5.92 Å². The molecule has 1 amide bonds. The van der Waals surface area contributed by atoms with Crippen molar-refractivity contribution in [3.8, 4) is 0 Å². The summed E-state index contributed by atoms with van der Waals surface area (Å²) >= 11 is 0. The van der Waals surface area contributed by atoms with Crippen LogP contribution in [0.15, 0.2) is 0 Å². The molecule has 2 aliphatic carbocycles. The van der Waals surface area contributed by atoms with Gasteiger partial charge in [-0.05, 0) is 59.4 Å².